The molecular formula is C18H11ClO3. The highest BCUT2D eigenvalue weighted by molar-refractivity contribution is 6.30. The highest BCUT2D eigenvalue weighted by atomic mass is 35.5. The van der Waals surface area contributed by atoms with Crippen molar-refractivity contribution in [2.45, 2.75) is 6.61 Å². The molecule has 3 nitrogen and oxygen atoms in total. The first-order chi connectivity index (χ1) is 10.6. The fraction of sp³-hybridized carbons (Fsp3) is 0.0556. The maximum atomic E-state index is 11.9. The molecule has 0 saturated carbocycles. The normalized spacial score (nSPS) is 13.2. The van der Waals surface area contributed by atoms with Gasteiger partial charge >= 0.3 is 5.97 Å². The summed E-state index contributed by atoms with van der Waals surface area (Å²) >= 11 is 5.97. The lowest BCUT2D eigenvalue weighted by Crippen LogP contribution is -1.95. The van der Waals surface area contributed by atoms with E-state index in [1.165, 1.54) is 0 Å². The molecule has 0 fully saturated rings. The Morgan fingerprint density at radius 1 is 1.05 bits per heavy atom. The van der Waals surface area contributed by atoms with Gasteiger partial charge in [-0.3, -0.25) is 0 Å². The summed E-state index contributed by atoms with van der Waals surface area (Å²) in [6.07, 6.45) is 0. The topological polar surface area (TPSA) is 46.5 Å². The Morgan fingerprint density at radius 3 is 2.59 bits per heavy atom. The van der Waals surface area contributed by atoms with E-state index in [4.69, 9.17) is 16.3 Å². The van der Waals surface area contributed by atoms with Gasteiger partial charge in [0.25, 0.3) is 0 Å². The molecule has 3 aromatic carbocycles. The highest BCUT2D eigenvalue weighted by Crippen LogP contribution is 2.39. The number of ether oxygens (including phenoxy) is 1. The largest absolute Gasteiger partial charge is 0.508 e. The molecule has 22 heavy (non-hydrogen) atoms. The van der Waals surface area contributed by atoms with Crippen LogP contribution in [0.25, 0.3) is 21.9 Å². The number of cyclic esters (lactones) is 1. The van der Waals surface area contributed by atoms with Crippen LogP contribution in [-0.2, 0) is 11.3 Å². The maximum absolute atomic E-state index is 11.9. The molecule has 1 aliphatic rings. The molecule has 108 valence electrons. The van der Waals surface area contributed by atoms with Gasteiger partial charge in [-0.25, -0.2) is 4.79 Å². The van der Waals surface area contributed by atoms with E-state index in [2.05, 4.69) is 0 Å². The first-order valence-corrected chi connectivity index (χ1v) is 7.23. The van der Waals surface area contributed by atoms with E-state index in [1.54, 1.807) is 18.2 Å². The number of benzene rings is 3. The van der Waals surface area contributed by atoms with Crippen LogP contribution in [-0.4, -0.2) is 11.1 Å². The summed E-state index contributed by atoms with van der Waals surface area (Å²) in [4.78, 5) is 11.9. The number of hydrogen-bond donors (Lipinski definition) is 1. The third kappa shape index (κ3) is 1.94. The summed E-state index contributed by atoms with van der Waals surface area (Å²) in [5.41, 5.74) is 3.36. The Hall–Kier alpha value is -2.52. The standard InChI is InChI=1S/C18H11ClO3/c19-12-3-1-10(2-4-12)17-14-6-5-13(20)7-11(14)8-15-16(17)9-22-18(15)21/h1-8,20H,9H2. The summed E-state index contributed by atoms with van der Waals surface area (Å²) in [5.74, 6) is -0.156. The van der Waals surface area contributed by atoms with Crippen LogP contribution in [0.4, 0.5) is 0 Å². The SMILES string of the molecule is O=C1OCc2c1cc1cc(O)ccc1c2-c1ccc(Cl)cc1. The van der Waals surface area contributed by atoms with Gasteiger partial charge < -0.3 is 9.84 Å². The second-order valence-electron chi connectivity index (χ2n) is 5.27. The minimum Gasteiger partial charge on any atom is -0.508 e. The molecule has 3 aromatic rings. The molecule has 0 atom stereocenters. The van der Waals surface area contributed by atoms with Crippen molar-refractivity contribution >= 4 is 28.3 Å². The number of hydrogen-bond acceptors (Lipinski definition) is 3. The van der Waals surface area contributed by atoms with Crippen molar-refractivity contribution < 1.29 is 14.6 Å². The second-order valence-corrected chi connectivity index (χ2v) is 5.70. The van der Waals surface area contributed by atoms with Crippen LogP contribution in [0.15, 0.2) is 48.5 Å². The molecule has 0 unspecified atom stereocenters. The lowest BCUT2D eigenvalue weighted by Gasteiger charge is -2.12. The van der Waals surface area contributed by atoms with Crippen LogP contribution in [0.3, 0.4) is 0 Å². The molecule has 0 radical (unpaired) electrons. The molecule has 0 aromatic heterocycles. The van der Waals surface area contributed by atoms with Gasteiger partial charge in [-0.05, 0) is 52.2 Å². The third-order valence-electron chi connectivity index (χ3n) is 3.93. The molecule has 0 saturated heterocycles. The predicted octanol–water partition coefficient (Wildman–Crippen LogP) is 4.54. The molecule has 4 rings (SSSR count). The summed E-state index contributed by atoms with van der Waals surface area (Å²) in [6.45, 7) is 0.267. The first kappa shape index (κ1) is 13.2. The van der Waals surface area contributed by atoms with Crippen LogP contribution in [0.2, 0.25) is 5.02 Å². The van der Waals surface area contributed by atoms with E-state index in [-0.39, 0.29) is 18.3 Å². The molecule has 0 amide bonds. The molecule has 4 heteroatoms. The third-order valence-corrected chi connectivity index (χ3v) is 4.18. The van der Waals surface area contributed by atoms with Crippen molar-refractivity contribution in [3.8, 4) is 16.9 Å². The van der Waals surface area contributed by atoms with E-state index < -0.39 is 0 Å². The zero-order chi connectivity index (χ0) is 15.3. The molecule has 1 N–H and O–H groups in total. The van der Waals surface area contributed by atoms with E-state index in [0.29, 0.717) is 10.6 Å². The van der Waals surface area contributed by atoms with Gasteiger partial charge in [0.2, 0.25) is 0 Å². The van der Waals surface area contributed by atoms with Gasteiger partial charge in [-0.15, -0.1) is 0 Å². The van der Waals surface area contributed by atoms with Crippen LogP contribution in [0, 0.1) is 0 Å². The van der Waals surface area contributed by atoms with E-state index in [9.17, 15) is 9.90 Å². The van der Waals surface area contributed by atoms with Gasteiger partial charge in [-0.1, -0.05) is 29.8 Å². The fourth-order valence-corrected chi connectivity index (χ4v) is 3.06. The van der Waals surface area contributed by atoms with Crippen LogP contribution >= 0.6 is 11.6 Å². The maximum Gasteiger partial charge on any atom is 0.338 e. The van der Waals surface area contributed by atoms with Crippen molar-refractivity contribution in [3.63, 3.8) is 0 Å². The molecule has 1 heterocycles. The molecule has 0 aliphatic carbocycles. The number of fused-ring (bicyclic) bond motifs is 2. The Balaban J connectivity index is 2.11. The Kier molecular flexibility index (Phi) is 2.84. The molecule has 1 aliphatic heterocycles. The van der Waals surface area contributed by atoms with Gasteiger partial charge in [0.05, 0.1) is 5.56 Å². The average Bonchev–Trinajstić information content (AvgIpc) is 2.87. The Labute approximate surface area is 131 Å². The highest BCUT2D eigenvalue weighted by Gasteiger charge is 2.26. The monoisotopic (exact) mass is 310 g/mol. The van der Waals surface area contributed by atoms with Crippen molar-refractivity contribution in [1.82, 2.24) is 0 Å². The molecular weight excluding hydrogens is 300 g/mol. The number of phenols is 1. The van der Waals surface area contributed by atoms with Gasteiger partial charge in [-0.2, -0.15) is 0 Å². The van der Waals surface area contributed by atoms with E-state index in [1.807, 2.05) is 30.3 Å². The van der Waals surface area contributed by atoms with Crippen LogP contribution < -0.4 is 0 Å². The van der Waals surface area contributed by atoms with Crippen molar-refractivity contribution in [1.29, 1.82) is 0 Å². The zero-order valence-corrected chi connectivity index (χ0v) is 12.2. The van der Waals surface area contributed by atoms with Crippen molar-refractivity contribution in [2.24, 2.45) is 0 Å². The summed E-state index contributed by atoms with van der Waals surface area (Å²) in [5, 5.41) is 12.1. The molecule has 0 spiro atoms. The quantitative estimate of drug-likeness (QED) is 0.671. The minimum absolute atomic E-state index is 0.167. The van der Waals surface area contributed by atoms with Gasteiger partial charge in [0.15, 0.2) is 0 Å². The number of carbonyl (C=O) groups excluding carboxylic acids is 1. The number of rotatable bonds is 1. The second kappa shape index (κ2) is 4.75. The van der Waals surface area contributed by atoms with Crippen LogP contribution in [0.5, 0.6) is 5.75 Å². The van der Waals surface area contributed by atoms with Crippen molar-refractivity contribution in [3.05, 3.63) is 64.7 Å². The number of esters is 1. The van der Waals surface area contributed by atoms with Crippen molar-refractivity contribution in [2.75, 3.05) is 0 Å². The predicted molar refractivity (Wildman–Crippen MR) is 85.2 cm³/mol. The Bertz CT molecular complexity index is 914. The average molecular weight is 311 g/mol. The fourth-order valence-electron chi connectivity index (χ4n) is 2.93. The van der Waals surface area contributed by atoms with E-state index in [0.717, 1.165) is 27.5 Å². The first-order valence-electron chi connectivity index (χ1n) is 6.85. The number of phenolic OH excluding ortho intramolecular Hbond substituents is 1. The number of halogens is 1. The summed E-state index contributed by atoms with van der Waals surface area (Å²) < 4.78 is 5.18. The lowest BCUT2D eigenvalue weighted by atomic mass is 9.91. The number of carbonyl (C=O) groups is 1. The smallest absolute Gasteiger partial charge is 0.338 e. The lowest BCUT2D eigenvalue weighted by molar-refractivity contribution is 0.0535. The van der Waals surface area contributed by atoms with Crippen LogP contribution in [0.1, 0.15) is 15.9 Å². The Morgan fingerprint density at radius 2 is 1.82 bits per heavy atom. The minimum atomic E-state index is -0.324. The molecule has 0 bridgehead atoms. The van der Waals surface area contributed by atoms with Gasteiger partial charge in [0, 0.05) is 10.6 Å². The summed E-state index contributed by atoms with van der Waals surface area (Å²) in [7, 11) is 0. The summed E-state index contributed by atoms with van der Waals surface area (Å²) in [6, 6.07) is 14.4. The van der Waals surface area contributed by atoms with Gasteiger partial charge in [0.1, 0.15) is 12.4 Å². The number of aromatic hydroxyl groups is 1. The zero-order valence-electron chi connectivity index (χ0n) is 11.5. The van der Waals surface area contributed by atoms with E-state index >= 15 is 0 Å².